The summed E-state index contributed by atoms with van der Waals surface area (Å²) in [4.78, 5) is 12.0. The molecule has 0 saturated carbocycles. The van der Waals surface area contributed by atoms with E-state index in [1.807, 2.05) is 9.44 Å². The van der Waals surface area contributed by atoms with Gasteiger partial charge in [0, 0.05) is 12.4 Å². The van der Waals surface area contributed by atoms with Gasteiger partial charge in [-0.15, -0.1) is 0 Å². The first-order chi connectivity index (χ1) is 8.93. The highest BCUT2D eigenvalue weighted by molar-refractivity contribution is 7.88. The molecule has 2 aromatic rings. The summed E-state index contributed by atoms with van der Waals surface area (Å²) < 4.78 is 28.1. The second kappa shape index (κ2) is 4.90. The lowest BCUT2D eigenvalue weighted by molar-refractivity contribution is -0.728. The molecule has 0 spiro atoms. The van der Waals surface area contributed by atoms with E-state index >= 15 is 0 Å². The zero-order valence-electron chi connectivity index (χ0n) is 10.4. The smallest absolute Gasteiger partial charge is 0.268 e. The Balaban J connectivity index is 2.53. The molecule has 0 atom stereocenters. The largest absolute Gasteiger partial charge is 0.301 e. The maximum Gasteiger partial charge on any atom is 0.301 e. The number of amides is 1. The molecule has 0 aliphatic rings. The lowest BCUT2D eigenvalue weighted by Crippen LogP contribution is -2.40. The monoisotopic (exact) mass is 281 g/mol. The van der Waals surface area contributed by atoms with Crippen molar-refractivity contribution >= 4 is 27.0 Å². The van der Waals surface area contributed by atoms with Gasteiger partial charge < -0.3 is 0 Å². The topological polar surface area (TPSA) is 92.0 Å². The molecule has 1 heterocycles. The fourth-order valence-corrected chi connectivity index (χ4v) is 2.11. The van der Waals surface area contributed by atoms with Crippen LogP contribution in [0.15, 0.2) is 30.5 Å². The van der Waals surface area contributed by atoms with Gasteiger partial charge in [0.2, 0.25) is 6.20 Å². The Kier molecular flexibility index (Phi) is 3.45. The first-order valence-corrected chi connectivity index (χ1v) is 6.92. The SMILES string of the molecule is CNS(=O)(=O)NC(=O)c1c[n+](C)nc2ccccc12. The van der Waals surface area contributed by atoms with Crippen LogP contribution in [0.1, 0.15) is 10.4 Å². The third-order valence-corrected chi connectivity index (χ3v) is 3.51. The first kappa shape index (κ1) is 13.4. The van der Waals surface area contributed by atoms with Crippen molar-refractivity contribution in [2.75, 3.05) is 7.05 Å². The number of aryl methyl sites for hydroxylation is 1. The quantitative estimate of drug-likeness (QED) is 0.724. The maximum absolute atomic E-state index is 12.0. The molecule has 2 rings (SSSR count). The maximum atomic E-state index is 12.0. The molecule has 0 fully saturated rings. The Labute approximate surface area is 110 Å². The van der Waals surface area contributed by atoms with Gasteiger partial charge in [-0.3, -0.25) is 4.79 Å². The molecule has 1 aromatic carbocycles. The molecule has 0 aliphatic carbocycles. The first-order valence-electron chi connectivity index (χ1n) is 5.44. The van der Waals surface area contributed by atoms with E-state index in [9.17, 15) is 13.2 Å². The molecule has 1 aromatic heterocycles. The van der Waals surface area contributed by atoms with Gasteiger partial charge in [-0.05, 0) is 11.2 Å². The van der Waals surface area contributed by atoms with E-state index in [-0.39, 0.29) is 5.56 Å². The van der Waals surface area contributed by atoms with Gasteiger partial charge in [-0.2, -0.15) is 8.42 Å². The third-order valence-electron chi connectivity index (χ3n) is 2.52. The standard InChI is InChI=1S/C11H12N4O3S/c1-12-19(17,18)14-11(16)9-7-15(2)13-10-6-4-3-5-8(9)10/h3-7,12H,1-2H3/p+1. The summed E-state index contributed by atoms with van der Waals surface area (Å²) in [5, 5.41) is 4.79. The molecule has 8 heteroatoms. The van der Waals surface area contributed by atoms with Crippen molar-refractivity contribution in [3.05, 3.63) is 36.0 Å². The molecule has 1 amide bonds. The van der Waals surface area contributed by atoms with Gasteiger partial charge in [0.05, 0.1) is 0 Å². The van der Waals surface area contributed by atoms with E-state index < -0.39 is 16.1 Å². The molecule has 100 valence electrons. The van der Waals surface area contributed by atoms with E-state index in [4.69, 9.17) is 0 Å². The molecule has 0 bridgehead atoms. The molecular weight excluding hydrogens is 268 g/mol. The Hall–Kier alpha value is -2.06. The zero-order valence-corrected chi connectivity index (χ0v) is 11.2. The van der Waals surface area contributed by atoms with Crippen molar-refractivity contribution in [2.24, 2.45) is 7.05 Å². The number of hydrogen-bond donors (Lipinski definition) is 2. The highest BCUT2D eigenvalue weighted by Gasteiger charge is 2.20. The van der Waals surface area contributed by atoms with E-state index in [1.54, 1.807) is 31.3 Å². The van der Waals surface area contributed by atoms with Crippen molar-refractivity contribution in [1.82, 2.24) is 14.5 Å². The number of benzene rings is 1. The van der Waals surface area contributed by atoms with Crippen LogP contribution in [0, 0.1) is 0 Å². The van der Waals surface area contributed by atoms with E-state index in [0.29, 0.717) is 10.9 Å². The summed E-state index contributed by atoms with van der Waals surface area (Å²) >= 11 is 0. The van der Waals surface area contributed by atoms with Crippen LogP contribution in [0.3, 0.4) is 0 Å². The average Bonchev–Trinajstić information content (AvgIpc) is 2.37. The lowest BCUT2D eigenvalue weighted by atomic mass is 10.1. The van der Waals surface area contributed by atoms with Crippen molar-refractivity contribution in [1.29, 1.82) is 0 Å². The summed E-state index contributed by atoms with van der Waals surface area (Å²) in [6.07, 6.45) is 1.48. The van der Waals surface area contributed by atoms with Gasteiger partial charge in [-0.25, -0.2) is 9.44 Å². The number of nitrogens with zero attached hydrogens (tertiary/aromatic N) is 2. The Morgan fingerprint density at radius 1 is 1.32 bits per heavy atom. The summed E-state index contributed by atoms with van der Waals surface area (Å²) in [6, 6.07) is 7.01. The van der Waals surface area contributed by atoms with Crippen LogP contribution in [-0.2, 0) is 17.3 Å². The minimum atomic E-state index is -3.83. The lowest BCUT2D eigenvalue weighted by Gasteiger charge is -2.05. The molecule has 2 N–H and O–H groups in total. The van der Waals surface area contributed by atoms with E-state index in [0.717, 1.165) is 0 Å². The zero-order chi connectivity index (χ0) is 14.0. The normalized spacial score (nSPS) is 11.5. The van der Waals surface area contributed by atoms with Gasteiger partial charge in [-0.1, -0.05) is 22.9 Å². The van der Waals surface area contributed by atoms with Crippen LogP contribution in [0.4, 0.5) is 0 Å². The number of hydrogen-bond acceptors (Lipinski definition) is 4. The van der Waals surface area contributed by atoms with Crippen LogP contribution in [0.5, 0.6) is 0 Å². The minimum Gasteiger partial charge on any atom is -0.268 e. The molecule has 0 radical (unpaired) electrons. The Morgan fingerprint density at radius 3 is 2.68 bits per heavy atom. The van der Waals surface area contributed by atoms with Gasteiger partial charge in [0.25, 0.3) is 5.91 Å². The highest BCUT2D eigenvalue weighted by Crippen LogP contribution is 2.14. The summed E-state index contributed by atoms with van der Waals surface area (Å²) in [6.45, 7) is 0. The summed E-state index contributed by atoms with van der Waals surface area (Å²) in [5.41, 5.74) is 0.853. The Morgan fingerprint density at radius 2 is 2.00 bits per heavy atom. The van der Waals surface area contributed by atoms with Crippen LogP contribution in [0.2, 0.25) is 0 Å². The number of aromatic nitrogens is 2. The molecule has 19 heavy (non-hydrogen) atoms. The van der Waals surface area contributed by atoms with Crippen molar-refractivity contribution < 1.29 is 17.9 Å². The molecule has 0 saturated heterocycles. The highest BCUT2D eigenvalue weighted by atomic mass is 32.2. The fraction of sp³-hybridized carbons (Fsp3) is 0.182. The predicted octanol–water partition coefficient (Wildman–Crippen LogP) is -0.747. The van der Waals surface area contributed by atoms with Crippen LogP contribution >= 0.6 is 0 Å². The van der Waals surface area contributed by atoms with E-state index in [2.05, 4.69) is 5.10 Å². The minimum absolute atomic E-state index is 0.243. The van der Waals surface area contributed by atoms with Crippen molar-refractivity contribution in [3.8, 4) is 0 Å². The Bertz CT molecular complexity index is 743. The van der Waals surface area contributed by atoms with Gasteiger partial charge in [0.1, 0.15) is 11.1 Å². The van der Waals surface area contributed by atoms with E-state index in [1.165, 1.54) is 17.9 Å². The predicted molar refractivity (Wildman–Crippen MR) is 68.4 cm³/mol. The molecule has 0 unspecified atom stereocenters. The second-order valence-electron chi connectivity index (χ2n) is 3.87. The number of nitrogens with one attached hydrogen (secondary N) is 2. The van der Waals surface area contributed by atoms with Crippen LogP contribution in [0.25, 0.3) is 10.9 Å². The number of rotatable bonds is 3. The molecule has 7 nitrogen and oxygen atoms in total. The number of fused-ring (bicyclic) bond motifs is 1. The number of carbonyl (C=O) groups is 1. The molecular formula is C11H13N4O3S+. The van der Waals surface area contributed by atoms with Gasteiger partial charge >= 0.3 is 10.2 Å². The van der Waals surface area contributed by atoms with Crippen LogP contribution in [-0.4, -0.2) is 26.5 Å². The summed E-state index contributed by atoms with van der Waals surface area (Å²) in [7, 11) is -0.943. The third kappa shape index (κ3) is 2.85. The van der Waals surface area contributed by atoms with Crippen LogP contribution < -0.4 is 14.1 Å². The number of carbonyl (C=O) groups excluding carboxylic acids is 1. The average molecular weight is 281 g/mol. The summed E-state index contributed by atoms with van der Waals surface area (Å²) in [5.74, 6) is -0.705. The van der Waals surface area contributed by atoms with Gasteiger partial charge in [0.15, 0.2) is 7.05 Å². The van der Waals surface area contributed by atoms with Crippen molar-refractivity contribution in [3.63, 3.8) is 0 Å². The van der Waals surface area contributed by atoms with Crippen molar-refractivity contribution in [2.45, 2.75) is 0 Å². The second-order valence-corrected chi connectivity index (χ2v) is 5.49. The fourth-order valence-electron chi connectivity index (χ4n) is 1.65. The molecule has 0 aliphatic heterocycles.